The van der Waals surface area contributed by atoms with E-state index < -0.39 is 11.2 Å². The van der Waals surface area contributed by atoms with Crippen LogP contribution in [0, 0.1) is 17.1 Å². The molecular weight excluding hydrogens is 439 g/mol. The summed E-state index contributed by atoms with van der Waals surface area (Å²) in [5.41, 5.74) is 1.32. The van der Waals surface area contributed by atoms with Crippen LogP contribution in [0.15, 0.2) is 54.7 Å². The van der Waals surface area contributed by atoms with E-state index in [-0.39, 0.29) is 17.5 Å². The van der Waals surface area contributed by atoms with Gasteiger partial charge in [-0.3, -0.25) is 14.7 Å². The third-order valence-corrected chi connectivity index (χ3v) is 7.72. The molecule has 3 aromatic rings. The highest BCUT2D eigenvalue weighted by Crippen LogP contribution is 2.35. The lowest BCUT2D eigenvalue weighted by atomic mass is 9.76. The number of hydrogen-bond acceptors (Lipinski definition) is 4. The number of nitriles is 1. The zero-order valence-electron chi connectivity index (χ0n) is 20.0. The summed E-state index contributed by atoms with van der Waals surface area (Å²) in [6, 6.07) is 17.5. The Morgan fingerprint density at radius 2 is 1.80 bits per heavy atom. The Labute approximate surface area is 206 Å². The van der Waals surface area contributed by atoms with Crippen LogP contribution < -0.4 is 5.32 Å². The number of pyridine rings is 1. The van der Waals surface area contributed by atoms with Crippen LogP contribution in [-0.2, 0) is 12.0 Å². The fraction of sp³-hybridized carbons (Fsp3) is 0.414. The number of amides is 1. The number of benzene rings is 2. The topological polar surface area (TPSA) is 69.0 Å². The molecule has 5 rings (SSSR count). The summed E-state index contributed by atoms with van der Waals surface area (Å²) in [5.74, 6) is -0.770. The summed E-state index contributed by atoms with van der Waals surface area (Å²) in [4.78, 5) is 19.8. The van der Waals surface area contributed by atoms with Gasteiger partial charge in [0.1, 0.15) is 11.2 Å². The molecule has 2 aliphatic rings. The van der Waals surface area contributed by atoms with E-state index in [1.165, 1.54) is 6.42 Å². The van der Waals surface area contributed by atoms with Gasteiger partial charge in [0.25, 0.3) is 5.91 Å². The van der Waals surface area contributed by atoms with Gasteiger partial charge in [-0.05, 0) is 54.8 Å². The molecular formula is C29H31FN4O. The smallest absolute Gasteiger partial charge is 0.254 e. The first-order chi connectivity index (χ1) is 17.1. The van der Waals surface area contributed by atoms with Crippen LogP contribution in [-0.4, -0.2) is 34.9 Å². The summed E-state index contributed by atoms with van der Waals surface area (Å²) < 4.78 is 15.5. The Balaban J connectivity index is 1.38. The average molecular weight is 471 g/mol. The first kappa shape index (κ1) is 23.4. The van der Waals surface area contributed by atoms with Crippen molar-refractivity contribution in [3.63, 3.8) is 0 Å². The van der Waals surface area contributed by atoms with E-state index in [1.54, 1.807) is 18.3 Å². The molecule has 2 heterocycles. The number of likely N-dealkylation sites (tertiary alicyclic amines) is 1. The number of nitrogens with zero attached hydrogens (tertiary/aromatic N) is 3. The number of carbonyl (C=O) groups excluding carboxylic acids is 1. The van der Waals surface area contributed by atoms with Crippen LogP contribution in [0.3, 0.4) is 0 Å². The lowest BCUT2D eigenvalue weighted by Crippen LogP contribution is -2.42. The molecule has 0 atom stereocenters. The Hall–Kier alpha value is -3.30. The molecule has 0 bridgehead atoms. The summed E-state index contributed by atoms with van der Waals surface area (Å²) in [7, 11) is 0. The molecule has 0 unspecified atom stereocenters. The van der Waals surface area contributed by atoms with E-state index in [9.17, 15) is 10.1 Å². The van der Waals surface area contributed by atoms with E-state index in [2.05, 4.69) is 21.3 Å². The number of hydrogen-bond donors (Lipinski definition) is 1. The number of aromatic nitrogens is 1. The molecule has 6 heteroatoms. The quantitative estimate of drug-likeness (QED) is 0.535. The van der Waals surface area contributed by atoms with Crippen molar-refractivity contribution in [2.75, 3.05) is 13.1 Å². The summed E-state index contributed by atoms with van der Waals surface area (Å²) in [6.07, 6.45) is 8.44. The molecule has 1 saturated carbocycles. The number of halogens is 1. The van der Waals surface area contributed by atoms with E-state index >= 15 is 4.39 Å². The predicted octanol–water partition coefficient (Wildman–Crippen LogP) is 5.49. The van der Waals surface area contributed by atoms with Crippen molar-refractivity contribution in [2.45, 2.75) is 62.9 Å². The average Bonchev–Trinajstić information content (AvgIpc) is 2.92. The third kappa shape index (κ3) is 4.78. The van der Waals surface area contributed by atoms with Gasteiger partial charge in [-0.2, -0.15) is 5.26 Å². The lowest BCUT2D eigenvalue weighted by Gasteiger charge is -2.37. The van der Waals surface area contributed by atoms with Crippen molar-refractivity contribution in [1.29, 1.82) is 5.26 Å². The molecule has 1 saturated heterocycles. The first-order valence-electron chi connectivity index (χ1n) is 12.7. The van der Waals surface area contributed by atoms with E-state index in [1.807, 2.05) is 36.4 Å². The predicted molar refractivity (Wildman–Crippen MR) is 134 cm³/mol. The maximum atomic E-state index is 15.5. The Morgan fingerprint density at radius 3 is 2.49 bits per heavy atom. The maximum absolute atomic E-state index is 15.5. The van der Waals surface area contributed by atoms with Crippen LogP contribution in [0.4, 0.5) is 4.39 Å². The number of nitrogens with one attached hydrogen (secondary N) is 1. The summed E-state index contributed by atoms with van der Waals surface area (Å²) in [6.45, 7) is 2.08. The molecule has 1 aromatic heterocycles. The van der Waals surface area contributed by atoms with Gasteiger partial charge in [0.15, 0.2) is 0 Å². The van der Waals surface area contributed by atoms with Crippen molar-refractivity contribution < 1.29 is 9.18 Å². The zero-order valence-corrected chi connectivity index (χ0v) is 20.0. The molecule has 0 spiro atoms. The first-order valence-corrected chi connectivity index (χ1v) is 12.7. The van der Waals surface area contributed by atoms with Gasteiger partial charge in [0, 0.05) is 37.3 Å². The maximum Gasteiger partial charge on any atom is 0.254 e. The second kappa shape index (κ2) is 10.1. The van der Waals surface area contributed by atoms with Crippen molar-refractivity contribution in [3.8, 4) is 6.07 Å². The molecule has 1 N–H and O–H groups in total. The van der Waals surface area contributed by atoms with Crippen molar-refractivity contribution in [2.24, 2.45) is 0 Å². The molecule has 180 valence electrons. The molecule has 5 nitrogen and oxygen atoms in total. The monoisotopic (exact) mass is 470 g/mol. The fourth-order valence-electron chi connectivity index (χ4n) is 5.63. The second-order valence-corrected chi connectivity index (χ2v) is 9.94. The van der Waals surface area contributed by atoms with Gasteiger partial charge in [0.05, 0.1) is 17.3 Å². The van der Waals surface area contributed by atoms with E-state index in [0.29, 0.717) is 24.8 Å². The highest BCUT2D eigenvalue weighted by atomic mass is 19.1. The van der Waals surface area contributed by atoms with Gasteiger partial charge in [-0.1, -0.05) is 49.6 Å². The van der Waals surface area contributed by atoms with Crippen molar-refractivity contribution in [1.82, 2.24) is 15.2 Å². The molecule has 1 amide bonds. The van der Waals surface area contributed by atoms with E-state index in [4.69, 9.17) is 0 Å². The molecule has 0 radical (unpaired) electrons. The standard InChI is InChI=1S/C29H31FN4O/c30-27-24-11-5-4-10-23(24)21(18-25(27)28(35)33-22-8-2-1-3-9-22)19-34-16-13-29(20-31,14-17-34)26-12-6-7-15-32-26/h4-7,10-12,15,18,22H,1-3,8-9,13-14,16-17,19H2,(H,33,35). The molecule has 1 aliphatic heterocycles. The second-order valence-electron chi connectivity index (χ2n) is 9.94. The highest BCUT2D eigenvalue weighted by molar-refractivity contribution is 6.00. The van der Waals surface area contributed by atoms with Crippen molar-refractivity contribution >= 4 is 16.7 Å². The van der Waals surface area contributed by atoms with Gasteiger partial charge >= 0.3 is 0 Å². The molecule has 35 heavy (non-hydrogen) atoms. The van der Waals surface area contributed by atoms with Crippen LogP contribution in [0.2, 0.25) is 0 Å². The van der Waals surface area contributed by atoms with Crippen LogP contribution in [0.1, 0.15) is 66.6 Å². The summed E-state index contributed by atoms with van der Waals surface area (Å²) in [5, 5.41) is 14.4. The Kier molecular flexibility index (Phi) is 6.79. The van der Waals surface area contributed by atoms with Gasteiger partial charge in [0.2, 0.25) is 0 Å². The fourth-order valence-corrected chi connectivity index (χ4v) is 5.63. The largest absolute Gasteiger partial charge is 0.349 e. The van der Waals surface area contributed by atoms with Crippen molar-refractivity contribution in [3.05, 3.63) is 77.4 Å². The van der Waals surface area contributed by atoms with Gasteiger partial charge in [-0.15, -0.1) is 0 Å². The number of piperidine rings is 1. The minimum Gasteiger partial charge on any atom is -0.349 e. The number of fused-ring (bicyclic) bond motifs is 1. The Bertz CT molecular complexity index is 1240. The summed E-state index contributed by atoms with van der Waals surface area (Å²) >= 11 is 0. The van der Waals surface area contributed by atoms with Crippen LogP contribution in [0.5, 0.6) is 0 Å². The van der Waals surface area contributed by atoms with Crippen LogP contribution >= 0.6 is 0 Å². The molecule has 2 fully saturated rings. The minimum atomic E-state index is -0.576. The van der Waals surface area contributed by atoms with Gasteiger partial charge < -0.3 is 5.32 Å². The SMILES string of the molecule is N#CC1(c2ccccn2)CCN(Cc2cc(C(=O)NC3CCCCC3)c(F)c3ccccc23)CC1. The van der Waals surface area contributed by atoms with E-state index in [0.717, 1.165) is 55.4 Å². The third-order valence-electron chi connectivity index (χ3n) is 7.72. The Morgan fingerprint density at radius 1 is 1.09 bits per heavy atom. The van der Waals surface area contributed by atoms with Gasteiger partial charge in [-0.25, -0.2) is 4.39 Å². The zero-order chi connectivity index (χ0) is 24.3. The number of carbonyl (C=O) groups is 1. The van der Waals surface area contributed by atoms with Crippen LogP contribution in [0.25, 0.3) is 10.8 Å². The normalized spacial score (nSPS) is 18.7. The number of rotatable bonds is 5. The molecule has 2 aromatic carbocycles. The highest BCUT2D eigenvalue weighted by Gasteiger charge is 2.37. The molecule has 1 aliphatic carbocycles. The lowest BCUT2D eigenvalue weighted by molar-refractivity contribution is 0.0923. The minimum absolute atomic E-state index is 0.123.